The number of hydrogen-bond donors (Lipinski definition) is 0. The van der Waals surface area contributed by atoms with Crippen molar-refractivity contribution in [3.8, 4) is 6.07 Å². The highest BCUT2D eigenvalue weighted by molar-refractivity contribution is 7.98. The van der Waals surface area contributed by atoms with Crippen LogP contribution in [0.4, 0.5) is 0 Å². The number of nitriles is 1. The summed E-state index contributed by atoms with van der Waals surface area (Å²) >= 11 is 3.12. The fourth-order valence-electron chi connectivity index (χ4n) is 2.18. The first-order valence-corrected chi connectivity index (χ1v) is 9.44. The molecule has 0 aliphatic heterocycles. The van der Waals surface area contributed by atoms with Crippen molar-refractivity contribution in [2.24, 2.45) is 0 Å². The topological polar surface area (TPSA) is 63.0 Å². The summed E-state index contributed by atoms with van der Waals surface area (Å²) < 4.78 is 5.42. The standard InChI is InChI=1S/C19H14N2O2S2/c20-9-14-4-3-5-15(8-14)10-23-19(22)17-6-1-2-7-18(17)25-12-16-11-24-13-21-16/h1-8,11,13H,10,12H2. The Labute approximate surface area is 154 Å². The molecule has 0 bridgehead atoms. The molecule has 0 amide bonds. The molecule has 6 heteroatoms. The molecule has 3 rings (SSSR count). The predicted octanol–water partition coefficient (Wildman–Crippen LogP) is 4.66. The second-order valence-electron chi connectivity index (χ2n) is 5.15. The third-order valence-corrected chi connectivity index (χ3v) is 5.13. The molecule has 0 saturated heterocycles. The lowest BCUT2D eigenvalue weighted by atomic mass is 10.1. The summed E-state index contributed by atoms with van der Waals surface area (Å²) in [6.07, 6.45) is 0. The van der Waals surface area contributed by atoms with Gasteiger partial charge in [0.25, 0.3) is 0 Å². The zero-order chi connectivity index (χ0) is 17.5. The number of esters is 1. The van der Waals surface area contributed by atoms with Crippen LogP contribution in [0.25, 0.3) is 0 Å². The molecule has 0 spiro atoms. The number of carbonyl (C=O) groups is 1. The molecule has 0 radical (unpaired) electrons. The van der Waals surface area contributed by atoms with Crippen molar-refractivity contribution in [1.29, 1.82) is 5.26 Å². The zero-order valence-electron chi connectivity index (χ0n) is 13.2. The van der Waals surface area contributed by atoms with Crippen molar-refractivity contribution in [1.82, 2.24) is 4.98 Å². The van der Waals surface area contributed by atoms with E-state index in [9.17, 15) is 4.79 Å². The van der Waals surface area contributed by atoms with Crippen molar-refractivity contribution in [2.45, 2.75) is 17.3 Å². The molecule has 0 N–H and O–H groups in total. The van der Waals surface area contributed by atoms with Gasteiger partial charge in [0.15, 0.2) is 0 Å². The summed E-state index contributed by atoms with van der Waals surface area (Å²) in [6.45, 7) is 0.138. The van der Waals surface area contributed by atoms with Crippen LogP contribution in [0, 0.1) is 11.3 Å². The largest absolute Gasteiger partial charge is 0.457 e. The van der Waals surface area contributed by atoms with Gasteiger partial charge in [-0.2, -0.15) is 5.26 Å². The van der Waals surface area contributed by atoms with E-state index in [1.807, 2.05) is 29.6 Å². The molecule has 0 unspecified atom stereocenters. The fourth-order valence-corrected chi connectivity index (χ4v) is 3.79. The number of nitrogens with zero attached hydrogens (tertiary/aromatic N) is 2. The minimum atomic E-state index is -0.372. The predicted molar refractivity (Wildman–Crippen MR) is 98.4 cm³/mol. The van der Waals surface area contributed by atoms with Crippen LogP contribution in [0.1, 0.15) is 27.2 Å². The quantitative estimate of drug-likeness (QED) is 0.469. The van der Waals surface area contributed by atoms with Gasteiger partial charge in [-0.1, -0.05) is 24.3 Å². The summed E-state index contributed by atoms with van der Waals surface area (Å²) in [5.74, 6) is 0.335. The van der Waals surface area contributed by atoms with Crippen LogP contribution in [-0.2, 0) is 17.1 Å². The molecule has 0 aliphatic rings. The van der Waals surface area contributed by atoms with E-state index < -0.39 is 0 Å². The van der Waals surface area contributed by atoms with Crippen LogP contribution in [0.5, 0.6) is 0 Å². The monoisotopic (exact) mass is 366 g/mol. The number of thioether (sulfide) groups is 1. The average molecular weight is 366 g/mol. The highest BCUT2D eigenvalue weighted by Crippen LogP contribution is 2.27. The maximum atomic E-state index is 12.4. The van der Waals surface area contributed by atoms with Gasteiger partial charge in [-0.15, -0.1) is 23.1 Å². The highest BCUT2D eigenvalue weighted by atomic mass is 32.2. The maximum Gasteiger partial charge on any atom is 0.339 e. The van der Waals surface area contributed by atoms with E-state index in [1.54, 1.807) is 52.9 Å². The molecule has 4 nitrogen and oxygen atoms in total. The lowest BCUT2D eigenvalue weighted by Gasteiger charge is -2.09. The van der Waals surface area contributed by atoms with Crippen LogP contribution in [0.15, 0.2) is 64.3 Å². The molecule has 0 aliphatic carbocycles. The van der Waals surface area contributed by atoms with Crippen molar-refractivity contribution < 1.29 is 9.53 Å². The van der Waals surface area contributed by atoms with E-state index in [2.05, 4.69) is 11.1 Å². The number of aromatic nitrogens is 1. The Morgan fingerprint density at radius 2 is 2.12 bits per heavy atom. The summed E-state index contributed by atoms with van der Waals surface area (Å²) in [6, 6.07) is 16.5. The van der Waals surface area contributed by atoms with Gasteiger partial charge in [-0.05, 0) is 29.8 Å². The summed E-state index contributed by atoms with van der Waals surface area (Å²) in [4.78, 5) is 17.6. The number of ether oxygens (including phenoxy) is 1. The molecule has 124 valence electrons. The number of carbonyl (C=O) groups excluding carboxylic acids is 1. The Morgan fingerprint density at radius 3 is 2.92 bits per heavy atom. The lowest BCUT2D eigenvalue weighted by molar-refractivity contribution is 0.0468. The van der Waals surface area contributed by atoms with Crippen molar-refractivity contribution in [2.75, 3.05) is 0 Å². The Morgan fingerprint density at radius 1 is 1.24 bits per heavy atom. The van der Waals surface area contributed by atoms with Gasteiger partial charge in [0.1, 0.15) is 6.61 Å². The third kappa shape index (κ3) is 4.69. The smallest absolute Gasteiger partial charge is 0.339 e. The molecule has 0 saturated carbocycles. The van der Waals surface area contributed by atoms with Crippen LogP contribution in [-0.4, -0.2) is 11.0 Å². The molecule has 25 heavy (non-hydrogen) atoms. The van der Waals surface area contributed by atoms with Gasteiger partial charge in [-0.3, -0.25) is 0 Å². The molecule has 0 atom stereocenters. The van der Waals surface area contributed by atoms with Gasteiger partial charge in [0.2, 0.25) is 0 Å². The van der Waals surface area contributed by atoms with E-state index in [0.29, 0.717) is 16.9 Å². The molecule has 2 aromatic carbocycles. The average Bonchev–Trinajstić information content (AvgIpc) is 3.18. The molecule has 1 heterocycles. The van der Waals surface area contributed by atoms with E-state index >= 15 is 0 Å². The SMILES string of the molecule is N#Cc1cccc(COC(=O)c2ccccc2SCc2cscn2)c1. The van der Waals surface area contributed by atoms with Crippen LogP contribution in [0.2, 0.25) is 0 Å². The fraction of sp³-hybridized carbons (Fsp3) is 0.105. The van der Waals surface area contributed by atoms with E-state index in [4.69, 9.17) is 10.00 Å². The lowest BCUT2D eigenvalue weighted by Crippen LogP contribution is -2.06. The summed E-state index contributed by atoms with van der Waals surface area (Å²) in [5.41, 5.74) is 4.67. The van der Waals surface area contributed by atoms with Gasteiger partial charge in [0, 0.05) is 16.0 Å². The van der Waals surface area contributed by atoms with E-state index in [1.165, 1.54) is 0 Å². The van der Waals surface area contributed by atoms with Crippen LogP contribution >= 0.6 is 23.1 Å². The normalized spacial score (nSPS) is 10.2. The van der Waals surface area contributed by atoms with Crippen molar-refractivity contribution in [3.05, 3.63) is 81.8 Å². The van der Waals surface area contributed by atoms with Gasteiger partial charge >= 0.3 is 5.97 Å². The third-order valence-electron chi connectivity index (χ3n) is 3.39. The Balaban J connectivity index is 1.66. The molecule has 0 fully saturated rings. The second kappa shape index (κ2) is 8.47. The van der Waals surface area contributed by atoms with Crippen molar-refractivity contribution in [3.63, 3.8) is 0 Å². The molecule has 3 aromatic rings. The second-order valence-corrected chi connectivity index (χ2v) is 6.89. The highest BCUT2D eigenvalue weighted by Gasteiger charge is 2.13. The zero-order valence-corrected chi connectivity index (χ0v) is 14.8. The Kier molecular flexibility index (Phi) is 5.83. The number of rotatable bonds is 6. The van der Waals surface area contributed by atoms with Gasteiger partial charge in [-0.25, -0.2) is 9.78 Å². The number of thiazole rings is 1. The number of benzene rings is 2. The van der Waals surface area contributed by atoms with Crippen molar-refractivity contribution >= 4 is 29.1 Å². The number of hydrogen-bond acceptors (Lipinski definition) is 6. The Hall–Kier alpha value is -2.62. The minimum absolute atomic E-state index is 0.138. The first-order valence-electron chi connectivity index (χ1n) is 7.51. The molecular formula is C19H14N2O2S2. The van der Waals surface area contributed by atoms with Crippen LogP contribution < -0.4 is 0 Å². The van der Waals surface area contributed by atoms with Crippen LogP contribution in [0.3, 0.4) is 0 Å². The first kappa shape index (κ1) is 17.2. The maximum absolute atomic E-state index is 12.4. The van der Waals surface area contributed by atoms with E-state index in [0.717, 1.165) is 16.2 Å². The minimum Gasteiger partial charge on any atom is -0.457 e. The first-order chi connectivity index (χ1) is 12.3. The van der Waals surface area contributed by atoms with Gasteiger partial charge < -0.3 is 4.74 Å². The molecule has 1 aromatic heterocycles. The summed E-state index contributed by atoms with van der Waals surface area (Å²) in [5, 5.41) is 10.9. The van der Waals surface area contributed by atoms with Gasteiger partial charge in [0.05, 0.1) is 28.4 Å². The summed E-state index contributed by atoms with van der Waals surface area (Å²) in [7, 11) is 0. The van der Waals surface area contributed by atoms with E-state index in [-0.39, 0.29) is 12.6 Å². The molecular weight excluding hydrogens is 352 g/mol. The Bertz CT molecular complexity index is 902.